The maximum absolute atomic E-state index is 12.9. The van der Waals surface area contributed by atoms with E-state index in [0.29, 0.717) is 9.13 Å². The third kappa shape index (κ3) is 5.92. The maximum Gasteiger partial charge on any atom is 0.339 e. The van der Waals surface area contributed by atoms with Gasteiger partial charge < -0.3 is 23.7 Å². The van der Waals surface area contributed by atoms with Gasteiger partial charge >= 0.3 is 23.9 Å². The predicted octanol–water partition coefficient (Wildman–Crippen LogP) is 3.28. The van der Waals surface area contributed by atoms with E-state index < -0.39 is 48.0 Å². The van der Waals surface area contributed by atoms with Gasteiger partial charge in [0.15, 0.2) is 5.60 Å². The molecule has 0 amide bonds. The van der Waals surface area contributed by atoms with Gasteiger partial charge in [0, 0.05) is 17.4 Å². The third-order valence-electron chi connectivity index (χ3n) is 5.11. The van der Waals surface area contributed by atoms with Gasteiger partial charge in [-0.05, 0) is 53.8 Å². The first-order valence-corrected chi connectivity index (χ1v) is 11.4. The fourth-order valence-electron chi connectivity index (χ4n) is 3.44. The van der Waals surface area contributed by atoms with Crippen LogP contribution in [-0.4, -0.2) is 54.6 Å². The zero-order valence-electron chi connectivity index (χ0n) is 18.7. The van der Waals surface area contributed by atoms with E-state index in [9.17, 15) is 19.2 Å². The Bertz CT molecular complexity index is 1070. The number of benzene rings is 2. The Kier molecular flexibility index (Phi) is 8.26. The Morgan fingerprint density at radius 2 is 1.53 bits per heavy atom. The first kappa shape index (κ1) is 25.6. The highest BCUT2D eigenvalue weighted by molar-refractivity contribution is 14.1. The summed E-state index contributed by atoms with van der Waals surface area (Å²) in [7, 11) is 0. The molecule has 0 spiro atoms. The van der Waals surface area contributed by atoms with Crippen molar-refractivity contribution in [2.24, 2.45) is 0 Å². The molecule has 10 heteroatoms. The van der Waals surface area contributed by atoms with Crippen molar-refractivity contribution in [2.45, 2.75) is 44.9 Å². The zero-order chi connectivity index (χ0) is 24.9. The van der Waals surface area contributed by atoms with E-state index in [1.54, 1.807) is 54.6 Å². The van der Waals surface area contributed by atoms with Gasteiger partial charge in [-0.3, -0.25) is 9.59 Å². The SMILES string of the molecule is CC(=O)OC1O[C@@H](COC(=O)c2ccccc2I)C(C)(OC(=O)c2ccccc2)[C@H]1OC(C)=O. The monoisotopic (exact) mass is 582 g/mol. The highest BCUT2D eigenvalue weighted by atomic mass is 127. The lowest BCUT2D eigenvalue weighted by Crippen LogP contribution is -2.52. The maximum atomic E-state index is 12.9. The van der Waals surface area contributed by atoms with Crippen molar-refractivity contribution in [2.75, 3.05) is 6.61 Å². The van der Waals surface area contributed by atoms with Gasteiger partial charge in [0.1, 0.15) is 12.7 Å². The fourth-order valence-corrected chi connectivity index (χ4v) is 4.05. The summed E-state index contributed by atoms with van der Waals surface area (Å²) in [6.07, 6.45) is -3.79. The van der Waals surface area contributed by atoms with E-state index >= 15 is 0 Å². The average Bonchev–Trinajstić information content (AvgIpc) is 3.02. The van der Waals surface area contributed by atoms with Crippen LogP contribution < -0.4 is 0 Å². The van der Waals surface area contributed by atoms with Crippen molar-refractivity contribution in [1.82, 2.24) is 0 Å². The number of hydrogen-bond donors (Lipinski definition) is 0. The van der Waals surface area contributed by atoms with Crippen molar-refractivity contribution in [3.8, 4) is 0 Å². The quantitative estimate of drug-likeness (QED) is 0.276. The molecule has 0 saturated carbocycles. The molecule has 0 radical (unpaired) electrons. The highest BCUT2D eigenvalue weighted by Crippen LogP contribution is 2.38. The van der Waals surface area contributed by atoms with Crippen LogP contribution in [0.5, 0.6) is 0 Å². The van der Waals surface area contributed by atoms with Crippen molar-refractivity contribution in [3.05, 3.63) is 69.3 Å². The van der Waals surface area contributed by atoms with Gasteiger partial charge in [-0.2, -0.15) is 0 Å². The molecule has 1 fully saturated rings. The Morgan fingerprint density at radius 3 is 2.15 bits per heavy atom. The molecule has 3 rings (SSSR count). The molecule has 0 N–H and O–H groups in total. The molecule has 4 atom stereocenters. The van der Waals surface area contributed by atoms with E-state index in [0.717, 1.165) is 13.8 Å². The molecule has 9 nitrogen and oxygen atoms in total. The molecule has 2 aromatic rings. The molecule has 1 heterocycles. The van der Waals surface area contributed by atoms with Crippen LogP contribution in [-0.2, 0) is 33.3 Å². The summed E-state index contributed by atoms with van der Waals surface area (Å²) < 4.78 is 28.2. The molecule has 0 aromatic heterocycles. The van der Waals surface area contributed by atoms with Crippen LogP contribution in [0, 0.1) is 3.57 Å². The minimum Gasteiger partial charge on any atom is -0.459 e. The predicted molar refractivity (Wildman–Crippen MR) is 126 cm³/mol. The first-order chi connectivity index (χ1) is 16.1. The number of hydrogen-bond acceptors (Lipinski definition) is 9. The molecule has 34 heavy (non-hydrogen) atoms. The van der Waals surface area contributed by atoms with E-state index in [1.165, 1.54) is 6.92 Å². The minimum absolute atomic E-state index is 0.246. The Hall–Kier alpha value is -2.99. The van der Waals surface area contributed by atoms with Crippen molar-refractivity contribution < 1.29 is 42.9 Å². The van der Waals surface area contributed by atoms with Crippen molar-refractivity contribution in [3.63, 3.8) is 0 Å². The first-order valence-electron chi connectivity index (χ1n) is 10.3. The van der Waals surface area contributed by atoms with Crippen LogP contribution >= 0.6 is 22.6 Å². The molecular weight excluding hydrogens is 559 g/mol. The molecule has 0 aliphatic carbocycles. The largest absolute Gasteiger partial charge is 0.459 e. The van der Waals surface area contributed by atoms with Crippen molar-refractivity contribution >= 4 is 46.5 Å². The van der Waals surface area contributed by atoms with Gasteiger partial charge in [-0.1, -0.05) is 30.3 Å². The summed E-state index contributed by atoms with van der Waals surface area (Å²) in [5.41, 5.74) is -1.06. The van der Waals surface area contributed by atoms with Gasteiger partial charge in [0.2, 0.25) is 12.4 Å². The van der Waals surface area contributed by atoms with Gasteiger partial charge in [-0.15, -0.1) is 0 Å². The van der Waals surface area contributed by atoms with Crippen LogP contribution in [0.2, 0.25) is 0 Å². The smallest absolute Gasteiger partial charge is 0.339 e. The van der Waals surface area contributed by atoms with Gasteiger partial charge in [0.05, 0.1) is 11.1 Å². The molecule has 2 aromatic carbocycles. The molecular formula is C24H23IO9. The summed E-state index contributed by atoms with van der Waals surface area (Å²) in [5.74, 6) is -2.74. The lowest BCUT2D eigenvalue weighted by Gasteiger charge is -2.33. The van der Waals surface area contributed by atoms with E-state index in [-0.39, 0.29) is 12.2 Å². The van der Waals surface area contributed by atoms with Crippen LogP contribution in [0.1, 0.15) is 41.5 Å². The molecule has 1 aliphatic heterocycles. The minimum atomic E-state index is -1.65. The van der Waals surface area contributed by atoms with Crippen LogP contribution in [0.4, 0.5) is 0 Å². The summed E-state index contributed by atoms with van der Waals surface area (Å²) in [6.45, 7) is 3.43. The molecule has 2 unspecified atom stereocenters. The fraction of sp³-hybridized carbons (Fsp3) is 0.333. The lowest BCUT2D eigenvalue weighted by molar-refractivity contribution is -0.197. The van der Waals surface area contributed by atoms with E-state index in [4.69, 9.17) is 23.7 Å². The second-order valence-corrected chi connectivity index (χ2v) is 8.81. The Morgan fingerprint density at radius 1 is 0.912 bits per heavy atom. The van der Waals surface area contributed by atoms with Crippen LogP contribution in [0.3, 0.4) is 0 Å². The van der Waals surface area contributed by atoms with Gasteiger partial charge in [0.25, 0.3) is 0 Å². The Balaban J connectivity index is 1.89. The van der Waals surface area contributed by atoms with E-state index in [1.807, 2.05) is 22.6 Å². The Labute approximate surface area is 209 Å². The molecule has 1 aliphatic rings. The average molecular weight is 582 g/mol. The topological polar surface area (TPSA) is 114 Å². The summed E-state index contributed by atoms with van der Waals surface area (Å²) in [6, 6.07) is 15.0. The number of rotatable bonds is 7. The summed E-state index contributed by atoms with van der Waals surface area (Å²) >= 11 is 2.01. The molecule has 0 bridgehead atoms. The number of ether oxygens (including phenoxy) is 5. The second kappa shape index (κ2) is 11.0. The molecule has 1 saturated heterocycles. The third-order valence-corrected chi connectivity index (χ3v) is 6.05. The normalized spacial score (nSPS) is 23.6. The van der Waals surface area contributed by atoms with Crippen molar-refractivity contribution in [1.29, 1.82) is 0 Å². The number of esters is 4. The molecule has 180 valence electrons. The second-order valence-electron chi connectivity index (χ2n) is 7.65. The van der Waals surface area contributed by atoms with Gasteiger partial charge in [-0.25, -0.2) is 9.59 Å². The zero-order valence-corrected chi connectivity index (χ0v) is 20.8. The summed E-state index contributed by atoms with van der Waals surface area (Å²) in [4.78, 5) is 49.0. The lowest BCUT2D eigenvalue weighted by atomic mass is 9.94. The highest BCUT2D eigenvalue weighted by Gasteiger charge is 2.61. The standard InChI is InChI=1S/C24H23IO9/c1-14(26)31-20-23(32-15(2)27)33-19(13-30-22(29)17-11-7-8-12-18(17)25)24(20,3)34-21(28)16-9-5-4-6-10-16/h4-12,19-20,23H,13H2,1-3H3/t19-,20-,23?,24?/m0/s1. The van der Waals surface area contributed by atoms with Crippen LogP contribution in [0.15, 0.2) is 54.6 Å². The number of halogens is 1. The number of carbonyl (C=O) groups is 4. The number of carbonyl (C=O) groups excluding carboxylic acids is 4. The summed E-state index contributed by atoms with van der Waals surface area (Å²) in [5, 5.41) is 0. The van der Waals surface area contributed by atoms with Crippen LogP contribution in [0.25, 0.3) is 0 Å². The van der Waals surface area contributed by atoms with E-state index in [2.05, 4.69) is 0 Å².